The molecule has 39 heavy (non-hydrogen) atoms. The van der Waals surface area contributed by atoms with Gasteiger partial charge in [0.05, 0.1) is 12.5 Å². The number of allylic oxidation sites excluding steroid dienone is 1. The van der Waals surface area contributed by atoms with Crippen LogP contribution in [0.3, 0.4) is 0 Å². The minimum Gasteiger partial charge on any atom is -0.481 e. The molecule has 0 spiro atoms. The number of nitrogens with zero attached hydrogens (tertiary/aromatic N) is 2. The Kier molecular flexibility index (Phi) is 8.57. The second-order valence-corrected chi connectivity index (χ2v) is 10.3. The summed E-state index contributed by atoms with van der Waals surface area (Å²) < 4.78 is 28.2. The fraction of sp³-hybridized carbons (Fsp3) is 0.400. The van der Waals surface area contributed by atoms with Gasteiger partial charge in [0.2, 0.25) is 0 Å². The van der Waals surface area contributed by atoms with Crippen molar-refractivity contribution < 1.29 is 28.3 Å². The fourth-order valence-corrected chi connectivity index (χ4v) is 5.42. The van der Waals surface area contributed by atoms with Crippen LogP contribution in [-0.4, -0.2) is 40.0 Å². The number of aliphatic carboxylic acids is 1. The van der Waals surface area contributed by atoms with Gasteiger partial charge in [-0.25, -0.2) is 13.8 Å². The van der Waals surface area contributed by atoms with Crippen LogP contribution in [0, 0.1) is 23.5 Å². The molecule has 1 aliphatic heterocycles. The number of carbonyl (C=O) groups excluding carboxylic acids is 2. The number of unbranched alkanes of at least 4 members (excludes halogenated alkanes) is 1. The molecule has 206 valence electrons. The average Bonchev–Trinajstić information content (AvgIpc) is 3.19. The molecule has 3 atom stereocenters. The van der Waals surface area contributed by atoms with E-state index in [0.717, 1.165) is 48.6 Å². The molecule has 1 aliphatic carbocycles. The first-order valence-electron chi connectivity index (χ1n) is 13.3. The standard InChI is InChI=1S/C30H33F2N3O4/c1-4-5-6-24(19-7-9-20(10-8-19)29(38)33-12-11-25(36)37)35-28(26-17(2)13-18(26)3)34-27(30(35)39)21-14-22(31)16-23(32)15-21/h7-10,14-18,24H,4-6,11-13H2,1-3H3,(H,33,38)(H,36,37)/t17?,18?,24-/m1/s1. The third-order valence-corrected chi connectivity index (χ3v) is 7.36. The van der Waals surface area contributed by atoms with Crippen molar-refractivity contribution in [1.82, 2.24) is 10.2 Å². The van der Waals surface area contributed by atoms with E-state index in [0.29, 0.717) is 17.8 Å². The van der Waals surface area contributed by atoms with Gasteiger partial charge in [-0.1, -0.05) is 45.7 Å². The molecule has 1 saturated carbocycles. The van der Waals surface area contributed by atoms with Crippen molar-refractivity contribution in [2.24, 2.45) is 16.8 Å². The van der Waals surface area contributed by atoms with Gasteiger partial charge in [0.15, 0.2) is 0 Å². The summed E-state index contributed by atoms with van der Waals surface area (Å²) >= 11 is 0. The summed E-state index contributed by atoms with van der Waals surface area (Å²) in [7, 11) is 0. The number of rotatable bonds is 10. The van der Waals surface area contributed by atoms with Gasteiger partial charge >= 0.3 is 5.97 Å². The second-order valence-electron chi connectivity index (χ2n) is 10.3. The number of hydrogen-bond donors (Lipinski definition) is 2. The second kappa shape index (κ2) is 11.9. The van der Waals surface area contributed by atoms with Crippen molar-refractivity contribution in [3.05, 3.63) is 82.2 Å². The summed E-state index contributed by atoms with van der Waals surface area (Å²) in [5.74, 6) is -2.36. The molecule has 2 aliphatic rings. The molecule has 2 N–H and O–H groups in total. The molecule has 2 amide bonds. The molecular weight excluding hydrogens is 504 g/mol. The van der Waals surface area contributed by atoms with Crippen molar-refractivity contribution in [3.8, 4) is 0 Å². The maximum atomic E-state index is 14.1. The van der Waals surface area contributed by atoms with E-state index in [1.54, 1.807) is 29.2 Å². The number of benzene rings is 2. The van der Waals surface area contributed by atoms with Gasteiger partial charge in [-0.05, 0) is 60.1 Å². The fourth-order valence-electron chi connectivity index (χ4n) is 5.42. The largest absolute Gasteiger partial charge is 0.481 e. The molecule has 0 radical (unpaired) electrons. The Morgan fingerprint density at radius 1 is 1.10 bits per heavy atom. The number of carboxylic acids is 1. The summed E-state index contributed by atoms with van der Waals surface area (Å²) in [6, 6.07) is 9.48. The van der Waals surface area contributed by atoms with E-state index < -0.39 is 29.6 Å². The third-order valence-electron chi connectivity index (χ3n) is 7.36. The van der Waals surface area contributed by atoms with Gasteiger partial charge < -0.3 is 10.4 Å². The van der Waals surface area contributed by atoms with Crippen molar-refractivity contribution in [2.45, 2.75) is 58.9 Å². The van der Waals surface area contributed by atoms with Crippen LogP contribution in [0.4, 0.5) is 8.78 Å². The van der Waals surface area contributed by atoms with Crippen molar-refractivity contribution in [1.29, 1.82) is 0 Å². The molecule has 1 heterocycles. The van der Waals surface area contributed by atoms with Gasteiger partial charge in [-0.15, -0.1) is 0 Å². The lowest BCUT2D eigenvalue weighted by Gasteiger charge is -2.38. The van der Waals surface area contributed by atoms with Gasteiger partial charge in [0, 0.05) is 23.7 Å². The van der Waals surface area contributed by atoms with Crippen LogP contribution in [-0.2, 0) is 9.59 Å². The highest BCUT2D eigenvalue weighted by Crippen LogP contribution is 2.46. The summed E-state index contributed by atoms with van der Waals surface area (Å²) in [6.07, 6.45) is 3.14. The summed E-state index contributed by atoms with van der Waals surface area (Å²) in [5.41, 5.74) is 2.33. The first-order chi connectivity index (χ1) is 18.6. The molecule has 0 saturated heterocycles. The normalized spacial score (nSPS) is 19.6. The minimum atomic E-state index is -0.998. The summed E-state index contributed by atoms with van der Waals surface area (Å²) in [4.78, 5) is 43.5. The molecular formula is C30H33F2N3O4. The smallest absolute Gasteiger partial charge is 0.305 e. The van der Waals surface area contributed by atoms with Crippen LogP contribution >= 0.6 is 0 Å². The molecule has 2 aromatic carbocycles. The zero-order chi connectivity index (χ0) is 28.3. The number of nitrogens with one attached hydrogen (secondary N) is 1. The average molecular weight is 538 g/mol. The Morgan fingerprint density at radius 3 is 2.31 bits per heavy atom. The zero-order valence-electron chi connectivity index (χ0n) is 22.3. The Hall–Kier alpha value is -3.88. The van der Waals surface area contributed by atoms with E-state index >= 15 is 0 Å². The van der Waals surface area contributed by atoms with Crippen LogP contribution in [0.25, 0.3) is 0 Å². The Balaban J connectivity index is 1.71. The van der Waals surface area contributed by atoms with E-state index in [-0.39, 0.29) is 42.0 Å². The first kappa shape index (κ1) is 28.1. The van der Waals surface area contributed by atoms with Gasteiger partial charge in [-0.3, -0.25) is 19.3 Å². The summed E-state index contributed by atoms with van der Waals surface area (Å²) in [6.45, 7) is 6.24. The van der Waals surface area contributed by atoms with E-state index in [9.17, 15) is 23.2 Å². The predicted molar refractivity (Wildman–Crippen MR) is 143 cm³/mol. The topological polar surface area (TPSA) is 99.1 Å². The molecule has 2 unspecified atom stereocenters. The quantitative estimate of drug-likeness (QED) is 0.411. The van der Waals surface area contributed by atoms with Crippen LogP contribution in [0.15, 0.2) is 58.9 Å². The van der Waals surface area contributed by atoms with Gasteiger partial charge in [0.25, 0.3) is 11.8 Å². The number of carbonyl (C=O) groups is 3. The van der Waals surface area contributed by atoms with E-state index in [2.05, 4.69) is 26.1 Å². The van der Waals surface area contributed by atoms with E-state index in [1.165, 1.54) is 0 Å². The van der Waals surface area contributed by atoms with Crippen molar-refractivity contribution >= 4 is 23.5 Å². The molecule has 9 heteroatoms. The van der Waals surface area contributed by atoms with Crippen LogP contribution in [0.2, 0.25) is 0 Å². The Bertz CT molecular complexity index is 1310. The monoisotopic (exact) mass is 537 g/mol. The van der Waals surface area contributed by atoms with E-state index in [4.69, 9.17) is 10.1 Å². The highest BCUT2D eigenvalue weighted by Gasteiger charge is 2.42. The summed E-state index contributed by atoms with van der Waals surface area (Å²) in [5, 5.41) is 11.4. The number of carboxylic acid groups (broad SMARTS) is 1. The molecule has 0 bridgehead atoms. The lowest BCUT2D eigenvalue weighted by Crippen LogP contribution is -2.36. The van der Waals surface area contributed by atoms with Crippen LogP contribution in [0.1, 0.15) is 80.4 Å². The van der Waals surface area contributed by atoms with Crippen LogP contribution in [0.5, 0.6) is 0 Å². The maximum absolute atomic E-state index is 14.1. The van der Waals surface area contributed by atoms with Crippen molar-refractivity contribution in [2.75, 3.05) is 6.54 Å². The lowest BCUT2D eigenvalue weighted by atomic mass is 9.71. The molecule has 1 fully saturated rings. The maximum Gasteiger partial charge on any atom is 0.305 e. The number of hydrogen-bond acceptors (Lipinski definition) is 4. The van der Waals surface area contributed by atoms with Crippen LogP contribution < -0.4 is 5.32 Å². The van der Waals surface area contributed by atoms with Crippen molar-refractivity contribution in [3.63, 3.8) is 0 Å². The SMILES string of the molecule is CCCC[C@H](c1ccc(C(=O)NCCC(=O)O)cc1)N1C(=O)C(c2cc(F)cc(F)c2)=NC1=C1C(C)CC1C. The lowest BCUT2D eigenvalue weighted by molar-refractivity contribution is -0.136. The predicted octanol–water partition coefficient (Wildman–Crippen LogP) is 5.62. The number of aliphatic imine (C=N–C) groups is 1. The third kappa shape index (κ3) is 6.08. The molecule has 7 nitrogen and oxygen atoms in total. The molecule has 4 rings (SSSR count). The number of halogens is 2. The highest BCUT2D eigenvalue weighted by molar-refractivity contribution is 6.47. The molecule has 0 aromatic heterocycles. The van der Waals surface area contributed by atoms with Gasteiger partial charge in [-0.2, -0.15) is 0 Å². The minimum absolute atomic E-state index is 0.0122. The first-order valence-corrected chi connectivity index (χ1v) is 13.3. The Morgan fingerprint density at radius 2 is 1.74 bits per heavy atom. The molecule has 2 aromatic rings. The number of amides is 2. The van der Waals surface area contributed by atoms with E-state index in [1.807, 2.05) is 0 Å². The zero-order valence-corrected chi connectivity index (χ0v) is 22.3. The highest BCUT2D eigenvalue weighted by atomic mass is 19.1. The Labute approximate surface area is 226 Å². The van der Waals surface area contributed by atoms with Gasteiger partial charge in [0.1, 0.15) is 23.2 Å².